The van der Waals surface area contributed by atoms with Gasteiger partial charge in [-0.1, -0.05) is 28.1 Å². The Hall–Kier alpha value is -0.230. The van der Waals surface area contributed by atoms with Gasteiger partial charge in [-0.25, -0.2) is 0 Å². The Balaban J connectivity index is 2.37. The summed E-state index contributed by atoms with van der Waals surface area (Å²) in [6.45, 7) is 0.255. The number of halogens is 1. The maximum absolute atomic E-state index is 10.1. The van der Waals surface area contributed by atoms with Crippen molar-refractivity contribution in [3.63, 3.8) is 0 Å². The fourth-order valence-electron chi connectivity index (χ4n) is 0.882. The van der Waals surface area contributed by atoms with Crippen molar-refractivity contribution >= 4 is 27.3 Å². The van der Waals surface area contributed by atoms with Crippen LogP contribution in [0.25, 0.3) is 0 Å². The lowest BCUT2D eigenvalue weighted by Gasteiger charge is -1.99. The fourth-order valence-corrected chi connectivity index (χ4v) is 1.37. The summed E-state index contributed by atoms with van der Waals surface area (Å²) in [5.41, 5.74) is 1.08. The van der Waals surface area contributed by atoms with Crippen molar-refractivity contribution in [3.8, 4) is 0 Å². The van der Waals surface area contributed by atoms with Crippen LogP contribution in [0.1, 0.15) is 5.56 Å². The van der Waals surface area contributed by atoms with Crippen molar-refractivity contribution < 1.29 is 12.9 Å². The average Bonchev–Trinajstić information content (AvgIpc) is 2.08. The molecule has 0 aliphatic heterocycles. The third-order valence-corrected chi connectivity index (χ3v) is 2.39. The number of hydrogen-bond donors (Lipinski definition) is 1. The SMILES string of the molecule is O=S(O)OCCc1ccc(Br)cc1. The van der Waals surface area contributed by atoms with Gasteiger partial charge in [0.1, 0.15) is 0 Å². The lowest BCUT2D eigenvalue weighted by atomic mass is 10.2. The molecule has 0 aromatic heterocycles. The van der Waals surface area contributed by atoms with Gasteiger partial charge in [0.25, 0.3) is 0 Å². The van der Waals surface area contributed by atoms with E-state index in [9.17, 15) is 4.21 Å². The molecule has 1 aromatic carbocycles. The maximum atomic E-state index is 10.1. The summed E-state index contributed by atoms with van der Waals surface area (Å²) in [6, 6.07) is 7.72. The van der Waals surface area contributed by atoms with Crippen LogP contribution in [0.5, 0.6) is 0 Å². The van der Waals surface area contributed by atoms with Gasteiger partial charge in [0.15, 0.2) is 0 Å². The van der Waals surface area contributed by atoms with Gasteiger partial charge in [0.05, 0.1) is 6.61 Å². The van der Waals surface area contributed by atoms with Crippen molar-refractivity contribution in [2.45, 2.75) is 6.42 Å². The first-order valence-corrected chi connectivity index (χ1v) is 5.49. The van der Waals surface area contributed by atoms with Gasteiger partial charge in [-0.05, 0) is 24.1 Å². The second kappa shape index (κ2) is 5.49. The molecule has 1 unspecified atom stereocenters. The highest BCUT2D eigenvalue weighted by molar-refractivity contribution is 9.10. The molecule has 0 saturated heterocycles. The van der Waals surface area contributed by atoms with E-state index in [1.54, 1.807) is 0 Å². The molecule has 0 bridgehead atoms. The second-order valence-corrected chi connectivity index (χ2v) is 4.00. The minimum absolute atomic E-state index is 0.255. The molecule has 5 heteroatoms. The lowest BCUT2D eigenvalue weighted by Crippen LogP contribution is -2.00. The van der Waals surface area contributed by atoms with Crippen molar-refractivity contribution in [1.82, 2.24) is 0 Å². The first kappa shape index (κ1) is 10.8. The molecule has 0 heterocycles. The van der Waals surface area contributed by atoms with E-state index < -0.39 is 11.4 Å². The Morgan fingerprint density at radius 3 is 2.54 bits per heavy atom. The molecule has 1 rings (SSSR count). The molecule has 0 fully saturated rings. The van der Waals surface area contributed by atoms with Gasteiger partial charge in [-0.15, -0.1) is 0 Å². The highest BCUT2D eigenvalue weighted by Crippen LogP contribution is 2.10. The van der Waals surface area contributed by atoms with E-state index >= 15 is 0 Å². The van der Waals surface area contributed by atoms with E-state index in [0.29, 0.717) is 6.42 Å². The van der Waals surface area contributed by atoms with E-state index in [2.05, 4.69) is 20.1 Å². The first-order valence-electron chi connectivity index (χ1n) is 3.67. The average molecular weight is 265 g/mol. The van der Waals surface area contributed by atoms with Crippen LogP contribution >= 0.6 is 15.9 Å². The van der Waals surface area contributed by atoms with Gasteiger partial charge in [0, 0.05) is 4.47 Å². The molecule has 0 aliphatic rings. The third kappa shape index (κ3) is 4.52. The van der Waals surface area contributed by atoms with Crippen LogP contribution in [0.15, 0.2) is 28.7 Å². The Bertz CT molecular complexity index is 286. The summed E-state index contributed by atoms with van der Waals surface area (Å²) in [6.07, 6.45) is 0.638. The zero-order chi connectivity index (χ0) is 9.68. The van der Waals surface area contributed by atoms with Crippen molar-refractivity contribution in [2.75, 3.05) is 6.61 Å². The van der Waals surface area contributed by atoms with Gasteiger partial charge in [-0.2, -0.15) is 4.21 Å². The molecule has 0 radical (unpaired) electrons. The molecule has 0 amide bonds. The van der Waals surface area contributed by atoms with Crippen LogP contribution < -0.4 is 0 Å². The van der Waals surface area contributed by atoms with E-state index in [4.69, 9.17) is 4.55 Å². The van der Waals surface area contributed by atoms with Gasteiger partial charge in [-0.3, -0.25) is 8.74 Å². The number of rotatable bonds is 4. The maximum Gasteiger partial charge on any atom is 0.301 e. The normalized spacial score (nSPS) is 12.8. The first-order chi connectivity index (χ1) is 6.18. The summed E-state index contributed by atoms with van der Waals surface area (Å²) < 4.78 is 24.0. The van der Waals surface area contributed by atoms with Crippen molar-refractivity contribution in [1.29, 1.82) is 0 Å². The molecule has 1 atom stereocenters. The predicted octanol–water partition coefficient (Wildman–Crippen LogP) is 2.14. The van der Waals surface area contributed by atoms with Gasteiger partial charge >= 0.3 is 11.4 Å². The van der Waals surface area contributed by atoms with E-state index in [0.717, 1.165) is 10.0 Å². The van der Waals surface area contributed by atoms with Crippen LogP contribution in [0.3, 0.4) is 0 Å². The van der Waals surface area contributed by atoms with Gasteiger partial charge < -0.3 is 0 Å². The molecular formula is C8H9BrO3S. The van der Waals surface area contributed by atoms with Gasteiger partial charge in [0.2, 0.25) is 0 Å². The number of benzene rings is 1. The minimum atomic E-state index is -2.15. The third-order valence-electron chi connectivity index (χ3n) is 1.49. The summed E-state index contributed by atoms with van der Waals surface area (Å²) in [4.78, 5) is 0. The van der Waals surface area contributed by atoms with Crippen LogP contribution in [-0.4, -0.2) is 15.4 Å². The topological polar surface area (TPSA) is 46.5 Å². The summed E-state index contributed by atoms with van der Waals surface area (Å²) >= 11 is 1.16. The number of hydrogen-bond acceptors (Lipinski definition) is 2. The molecule has 0 spiro atoms. The van der Waals surface area contributed by atoms with Crippen LogP contribution in [0, 0.1) is 0 Å². The van der Waals surface area contributed by atoms with Crippen molar-refractivity contribution in [2.24, 2.45) is 0 Å². The molecule has 3 nitrogen and oxygen atoms in total. The summed E-state index contributed by atoms with van der Waals surface area (Å²) in [7, 11) is 0. The smallest absolute Gasteiger partial charge is 0.284 e. The molecule has 13 heavy (non-hydrogen) atoms. The van der Waals surface area contributed by atoms with Crippen LogP contribution in [0.4, 0.5) is 0 Å². The van der Waals surface area contributed by atoms with Crippen LogP contribution in [-0.2, 0) is 22.0 Å². The quantitative estimate of drug-likeness (QED) is 0.848. The monoisotopic (exact) mass is 264 g/mol. The van der Waals surface area contributed by atoms with Crippen molar-refractivity contribution in [3.05, 3.63) is 34.3 Å². The molecule has 0 saturated carbocycles. The minimum Gasteiger partial charge on any atom is -0.284 e. The lowest BCUT2D eigenvalue weighted by molar-refractivity contribution is 0.310. The molecule has 1 N–H and O–H groups in total. The fraction of sp³-hybridized carbons (Fsp3) is 0.250. The zero-order valence-electron chi connectivity index (χ0n) is 6.77. The highest BCUT2D eigenvalue weighted by Gasteiger charge is 1.95. The summed E-state index contributed by atoms with van der Waals surface area (Å²) in [5, 5.41) is 0. The molecule has 1 aromatic rings. The second-order valence-electron chi connectivity index (χ2n) is 2.42. The molecular weight excluding hydrogens is 256 g/mol. The van der Waals surface area contributed by atoms with Crippen LogP contribution in [0.2, 0.25) is 0 Å². The largest absolute Gasteiger partial charge is 0.301 e. The summed E-state index contributed by atoms with van der Waals surface area (Å²) in [5.74, 6) is 0. The van der Waals surface area contributed by atoms with E-state index in [1.807, 2.05) is 24.3 Å². The standard InChI is InChI=1S/C8H9BrO3S/c9-8-3-1-7(2-4-8)5-6-12-13(10)11/h1-4H,5-6H2,(H,10,11). The molecule has 72 valence electrons. The van der Waals surface area contributed by atoms with E-state index in [-0.39, 0.29) is 6.61 Å². The zero-order valence-corrected chi connectivity index (χ0v) is 9.18. The Morgan fingerprint density at radius 1 is 1.38 bits per heavy atom. The Kier molecular flexibility index (Phi) is 4.58. The Morgan fingerprint density at radius 2 is 2.00 bits per heavy atom. The highest BCUT2D eigenvalue weighted by atomic mass is 79.9. The molecule has 0 aliphatic carbocycles. The van der Waals surface area contributed by atoms with E-state index in [1.165, 1.54) is 0 Å². The predicted molar refractivity (Wildman–Crippen MR) is 54.6 cm³/mol. The Labute approximate surface area is 87.7 Å².